The maximum absolute atomic E-state index is 12.8. The van der Waals surface area contributed by atoms with Crippen molar-refractivity contribution < 1.29 is 28.6 Å². The lowest BCUT2D eigenvalue weighted by Crippen LogP contribution is -2.30. The van der Waals surface area contributed by atoms with Gasteiger partial charge in [0.05, 0.1) is 0 Å². The standard InChI is InChI=1S/C56H108O6/c1-5-7-9-11-13-15-17-18-19-20-21-22-23-24-28-32-36-40-44-48-55(58)61-51-53(50-60-54(57)47-43-39-35-31-16-14-12-10-8-6-2)62-56(59)49-45-41-37-33-29-26-25-27-30-34-38-42-46-52(3)4/h52-53H,5-51H2,1-4H3/t53-/m0/s1. The Bertz CT molecular complexity index is 933. The summed E-state index contributed by atoms with van der Waals surface area (Å²) in [4.78, 5) is 38.0. The third-order valence-corrected chi connectivity index (χ3v) is 12.8. The second-order valence-electron chi connectivity index (χ2n) is 19.7. The Balaban J connectivity index is 4.23. The Labute approximate surface area is 387 Å². The molecule has 0 aliphatic heterocycles. The highest BCUT2D eigenvalue weighted by Crippen LogP contribution is 2.18. The second kappa shape index (κ2) is 50.4. The van der Waals surface area contributed by atoms with Crippen molar-refractivity contribution in [1.82, 2.24) is 0 Å². The average Bonchev–Trinajstić information content (AvgIpc) is 3.26. The van der Waals surface area contributed by atoms with Crippen LogP contribution in [0.15, 0.2) is 0 Å². The van der Waals surface area contributed by atoms with E-state index in [1.807, 2.05) is 0 Å². The first-order valence-electron chi connectivity index (χ1n) is 27.9. The zero-order chi connectivity index (χ0) is 45.2. The van der Waals surface area contributed by atoms with Crippen molar-refractivity contribution in [3.63, 3.8) is 0 Å². The summed E-state index contributed by atoms with van der Waals surface area (Å²) in [5.41, 5.74) is 0. The van der Waals surface area contributed by atoms with Gasteiger partial charge in [-0.3, -0.25) is 14.4 Å². The highest BCUT2D eigenvalue weighted by molar-refractivity contribution is 5.71. The van der Waals surface area contributed by atoms with Gasteiger partial charge in [-0.2, -0.15) is 0 Å². The van der Waals surface area contributed by atoms with Gasteiger partial charge in [0.2, 0.25) is 0 Å². The average molecular weight is 877 g/mol. The van der Waals surface area contributed by atoms with Crippen LogP contribution in [0.1, 0.15) is 317 Å². The molecule has 0 radical (unpaired) electrons. The van der Waals surface area contributed by atoms with Crippen LogP contribution < -0.4 is 0 Å². The van der Waals surface area contributed by atoms with Gasteiger partial charge in [-0.1, -0.05) is 278 Å². The lowest BCUT2D eigenvalue weighted by Gasteiger charge is -2.18. The van der Waals surface area contributed by atoms with Gasteiger partial charge in [-0.25, -0.2) is 0 Å². The molecule has 0 N–H and O–H groups in total. The summed E-state index contributed by atoms with van der Waals surface area (Å²) in [7, 11) is 0. The van der Waals surface area contributed by atoms with Gasteiger partial charge in [0.15, 0.2) is 6.10 Å². The molecule has 0 spiro atoms. The quantitative estimate of drug-likeness (QED) is 0.0344. The Hall–Kier alpha value is -1.59. The second-order valence-corrected chi connectivity index (χ2v) is 19.7. The predicted molar refractivity (Wildman–Crippen MR) is 266 cm³/mol. The molecule has 0 saturated carbocycles. The van der Waals surface area contributed by atoms with E-state index in [0.717, 1.165) is 63.7 Å². The number of esters is 3. The minimum Gasteiger partial charge on any atom is -0.462 e. The Kier molecular flexibility index (Phi) is 49.1. The van der Waals surface area contributed by atoms with Crippen LogP contribution in [0, 0.1) is 5.92 Å². The van der Waals surface area contributed by atoms with Crippen LogP contribution in [-0.4, -0.2) is 37.2 Å². The fraction of sp³-hybridized carbons (Fsp3) is 0.946. The monoisotopic (exact) mass is 877 g/mol. The largest absolute Gasteiger partial charge is 0.462 e. The lowest BCUT2D eigenvalue weighted by atomic mass is 10.0. The molecule has 0 rings (SSSR count). The van der Waals surface area contributed by atoms with Crippen molar-refractivity contribution >= 4 is 17.9 Å². The topological polar surface area (TPSA) is 78.9 Å². The molecule has 0 aliphatic rings. The normalized spacial score (nSPS) is 12.0. The fourth-order valence-electron chi connectivity index (χ4n) is 8.57. The Morgan fingerprint density at radius 3 is 0.790 bits per heavy atom. The minimum absolute atomic E-state index is 0.0623. The molecule has 0 aromatic rings. The molecule has 0 aliphatic carbocycles. The zero-order valence-corrected chi connectivity index (χ0v) is 42.3. The first-order valence-corrected chi connectivity index (χ1v) is 27.9. The van der Waals surface area contributed by atoms with Crippen LogP contribution in [0.5, 0.6) is 0 Å². The van der Waals surface area contributed by atoms with Gasteiger partial charge >= 0.3 is 17.9 Å². The lowest BCUT2D eigenvalue weighted by molar-refractivity contribution is -0.167. The van der Waals surface area contributed by atoms with Crippen molar-refractivity contribution in [3.05, 3.63) is 0 Å². The van der Waals surface area contributed by atoms with Gasteiger partial charge in [0.1, 0.15) is 13.2 Å². The number of carbonyl (C=O) groups excluding carboxylic acids is 3. The molecule has 0 bridgehead atoms. The van der Waals surface area contributed by atoms with Crippen LogP contribution in [0.25, 0.3) is 0 Å². The van der Waals surface area contributed by atoms with Crippen molar-refractivity contribution in [3.8, 4) is 0 Å². The molecular formula is C56H108O6. The number of hydrogen-bond donors (Lipinski definition) is 0. The number of ether oxygens (including phenoxy) is 3. The van der Waals surface area contributed by atoms with E-state index in [2.05, 4.69) is 27.7 Å². The van der Waals surface area contributed by atoms with E-state index in [9.17, 15) is 14.4 Å². The maximum atomic E-state index is 12.8. The molecule has 0 saturated heterocycles. The third-order valence-electron chi connectivity index (χ3n) is 12.8. The van der Waals surface area contributed by atoms with Crippen LogP contribution in [0.2, 0.25) is 0 Å². The summed E-state index contributed by atoms with van der Waals surface area (Å²) in [6, 6.07) is 0. The first-order chi connectivity index (χ1) is 30.4. The fourth-order valence-corrected chi connectivity index (χ4v) is 8.57. The van der Waals surface area contributed by atoms with E-state index in [0.29, 0.717) is 19.3 Å². The summed E-state index contributed by atoms with van der Waals surface area (Å²) in [5, 5.41) is 0. The minimum atomic E-state index is -0.761. The van der Waals surface area contributed by atoms with E-state index in [-0.39, 0.29) is 31.1 Å². The molecular weight excluding hydrogens is 769 g/mol. The summed E-state index contributed by atoms with van der Waals surface area (Å²) in [5.74, 6) is -0.00899. The molecule has 1 atom stereocenters. The Morgan fingerprint density at radius 2 is 0.532 bits per heavy atom. The molecule has 6 nitrogen and oxygen atoms in total. The molecule has 0 amide bonds. The van der Waals surface area contributed by atoms with Crippen LogP contribution >= 0.6 is 0 Å². The van der Waals surface area contributed by atoms with Crippen LogP contribution in [-0.2, 0) is 28.6 Å². The molecule has 0 aromatic heterocycles. The van der Waals surface area contributed by atoms with E-state index < -0.39 is 6.10 Å². The van der Waals surface area contributed by atoms with Crippen molar-refractivity contribution in [2.75, 3.05) is 13.2 Å². The SMILES string of the molecule is CCCCCCCCCCCCCCCCCCCCCC(=O)OC[C@H](COC(=O)CCCCCCCCCCCC)OC(=O)CCCCCCCCCCCCCCC(C)C. The van der Waals surface area contributed by atoms with Crippen LogP contribution in [0.4, 0.5) is 0 Å². The zero-order valence-electron chi connectivity index (χ0n) is 42.3. The third kappa shape index (κ3) is 49.4. The van der Waals surface area contributed by atoms with Gasteiger partial charge < -0.3 is 14.2 Å². The molecule has 6 heteroatoms. The number of carbonyl (C=O) groups is 3. The van der Waals surface area contributed by atoms with Gasteiger partial charge in [0, 0.05) is 19.3 Å². The van der Waals surface area contributed by atoms with E-state index in [4.69, 9.17) is 14.2 Å². The van der Waals surface area contributed by atoms with Gasteiger partial charge in [0.25, 0.3) is 0 Å². The summed E-state index contributed by atoms with van der Waals surface area (Å²) in [6.45, 7) is 9.04. The maximum Gasteiger partial charge on any atom is 0.306 e. The Morgan fingerprint density at radius 1 is 0.306 bits per heavy atom. The van der Waals surface area contributed by atoms with Gasteiger partial charge in [-0.15, -0.1) is 0 Å². The molecule has 0 heterocycles. The molecule has 62 heavy (non-hydrogen) atoms. The summed E-state index contributed by atoms with van der Waals surface area (Å²) >= 11 is 0. The summed E-state index contributed by atoms with van der Waals surface area (Å²) in [6.07, 6.45) is 53.8. The molecule has 0 aromatic carbocycles. The van der Waals surface area contributed by atoms with Crippen molar-refractivity contribution in [2.45, 2.75) is 323 Å². The highest BCUT2D eigenvalue weighted by atomic mass is 16.6. The predicted octanol–water partition coefficient (Wildman–Crippen LogP) is 18.2. The van der Waals surface area contributed by atoms with Crippen molar-refractivity contribution in [1.29, 1.82) is 0 Å². The van der Waals surface area contributed by atoms with E-state index in [1.165, 1.54) is 212 Å². The smallest absolute Gasteiger partial charge is 0.306 e. The first kappa shape index (κ1) is 60.4. The highest BCUT2D eigenvalue weighted by Gasteiger charge is 2.19. The molecule has 0 unspecified atom stereocenters. The number of hydrogen-bond acceptors (Lipinski definition) is 6. The van der Waals surface area contributed by atoms with Gasteiger partial charge in [-0.05, 0) is 25.2 Å². The summed E-state index contributed by atoms with van der Waals surface area (Å²) < 4.78 is 16.8. The molecule has 0 fully saturated rings. The van der Waals surface area contributed by atoms with E-state index in [1.54, 1.807) is 0 Å². The van der Waals surface area contributed by atoms with E-state index >= 15 is 0 Å². The van der Waals surface area contributed by atoms with Crippen LogP contribution in [0.3, 0.4) is 0 Å². The number of unbranched alkanes of at least 4 members (excludes halogenated alkanes) is 38. The van der Waals surface area contributed by atoms with Crippen molar-refractivity contribution in [2.24, 2.45) is 5.92 Å². The number of rotatable bonds is 51. The molecule has 368 valence electrons.